The topological polar surface area (TPSA) is 37.3 Å². The Morgan fingerprint density at radius 3 is 2.15 bits per heavy atom. The summed E-state index contributed by atoms with van der Waals surface area (Å²) in [6, 6.07) is 1.95. The fourth-order valence-corrected chi connectivity index (χ4v) is 1.42. The van der Waals surface area contributed by atoms with Gasteiger partial charge in [0, 0.05) is 11.6 Å². The first-order chi connectivity index (χ1) is 8.93. The van der Waals surface area contributed by atoms with E-state index in [9.17, 15) is 36.2 Å². The van der Waals surface area contributed by atoms with Gasteiger partial charge in [0.15, 0.2) is 0 Å². The molecule has 1 aromatic carbocycles. The second-order valence-electron chi connectivity index (χ2n) is 3.58. The molecule has 0 unspecified atom stereocenters. The van der Waals surface area contributed by atoms with Gasteiger partial charge in [0.25, 0.3) is 5.78 Å². The van der Waals surface area contributed by atoms with E-state index in [1.165, 1.54) is 0 Å². The van der Waals surface area contributed by atoms with Gasteiger partial charge < -0.3 is 5.11 Å². The van der Waals surface area contributed by atoms with Crippen LogP contribution in [0.15, 0.2) is 24.3 Å². The lowest BCUT2D eigenvalue weighted by Crippen LogP contribution is -2.20. The van der Waals surface area contributed by atoms with E-state index in [1.807, 2.05) is 0 Å². The number of alkyl halides is 6. The highest BCUT2D eigenvalue weighted by Gasteiger charge is 2.37. The first-order valence-electron chi connectivity index (χ1n) is 4.82. The Morgan fingerprint density at radius 2 is 1.70 bits per heavy atom. The van der Waals surface area contributed by atoms with E-state index >= 15 is 0 Å². The number of hydrogen-bond donors (Lipinski definition) is 1. The number of aliphatic hydroxyl groups excluding tert-OH is 1. The summed E-state index contributed by atoms with van der Waals surface area (Å²) >= 11 is 5.30. The normalized spacial score (nSPS) is 13.4. The molecule has 0 saturated carbocycles. The minimum absolute atomic E-state index is 0.205. The number of rotatable bonds is 2. The zero-order valence-corrected chi connectivity index (χ0v) is 10.1. The minimum atomic E-state index is -5.23. The highest BCUT2D eigenvalue weighted by Crippen LogP contribution is 2.36. The zero-order valence-electron chi connectivity index (χ0n) is 9.31. The van der Waals surface area contributed by atoms with Gasteiger partial charge in [-0.1, -0.05) is 11.6 Å². The summed E-state index contributed by atoms with van der Waals surface area (Å²) in [6.07, 6.45) is -10.3. The van der Waals surface area contributed by atoms with Crippen LogP contribution in [-0.2, 0) is 11.0 Å². The van der Waals surface area contributed by atoms with E-state index in [1.54, 1.807) is 0 Å². The maximum absolute atomic E-state index is 12.5. The molecule has 20 heavy (non-hydrogen) atoms. The smallest absolute Gasteiger partial charge is 0.454 e. The maximum atomic E-state index is 12.5. The van der Waals surface area contributed by atoms with Crippen LogP contribution in [0.2, 0.25) is 5.02 Å². The third kappa shape index (κ3) is 3.89. The summed E-state index contributed by atoms with van der Waals surface area (Å²) in [5, 5.41) is 8.58. The van der Waals surface area contributed by atoms with E-state index in [0.29, 0.717) is 6.07 Å². The second-order valence-corrected chi connectivity index (χ2v) is 3.99. The molecule has 110 valence electrons. The van der Waals surface area contributed by atoms with Crippen molar-refractivity contribution in [2.75, 3.05) is 0 Å². The van der Waals surface area contributed by atoms with Crippen LogP contribution in [0.25, 0.3) is 5.76 Å². The quantitative estimate of drug-likeness (QED) is 0.499. The third-order valence-corrected chi connectivity index (χ3v) is 2.44. The van der Waals surface area contributed by atoms with Crippen molar-refractivity contribution in [1.82, 2.24) is 0 Å². The molecule has 0 aliphatic heterocycles. The van der Waals surface area contributed by atoms with Gasteiger partial charge in [-0.15, -0.1) is 0 Å². The van der Waals surface area contributed by atoms with Crippen molar-refractivity contribution in [3.05, 3.63) is 40.4 Å². The third-order valence-electron chi connectivity index (χ3n) is 2.11. The van der Waals surface area contributed by atoms with Gasteiger partial charge in [-0.3, -0.25) is 4.79 Å². The molecular weight excluding hydrogens is 314 g/mol. The van der Waals surface area contributed by atoms with Crippen LogP contribution in [0.5, 0.6) is 0 Å². The molecule has 0 spiro atoms. The summed E-state index contributed by atoms with van der Waals surface area (Å²) in [5.41, 5.74) is -1.95. The van der Waals surface area contributed by atoms with Gasteiger partial charge in [-0.2, -0.15) is 26.3 Å². The van der Waals surface area contributed by atoms with E-state index in [2.05, 4.69) is 0 Å². The number of hydrogen-bond acceptors (Lipinski definition) is 2. The summed E-state index contributed by atoms with van der Waals surface area (Å²) in [5.74, 6) is -3.63. The lowest BCUT2D eigenvalue weighted by Gasteiger charge is -2.10. The monoisotopic (exact) mass is 318 g/mol. The van der Waals surface area contributed by atoms with Gasteiger partial charge in [0.05, 0.1) is 10.6 Å². The average molecular weight is 319 g/mol. The molecule has 0 fully saturated rings. The van der Waals surface area contributed by atoms with E-state index in [-0.39, 0.29) is 6.08 Å². The lowest BCUT2D eigenvalue weighted by molar-refractivity contribution is -0.165. The SMILES string of the molecule is O=C(/C=C(\O)c1ccc(Cl)c(C(F)(F)F)c1)C(F)(F)F. The van der Waals surface area contributed by atoms with Gasteiger partial charge in [0.1, 0.15) is 5.76 Å². The molecule has 0 aromatic heterocycles. The minimum Gasteiger partial charge on any atom is -0.507 e. The molecular formula is C11H5ClF6O2. The van der Waals surface area contributed by atoms with Gasteiger partial charge in [-0.05, 0) is 18.2 Å². The number of allylic oxidation sites excluding steroid dienone is 1. The predicted molar refractivity (Wildman–Crippen MR) is 58.1 cm³/mol. The number of benzene rings is 1. The molecule has 0 heterocycles. The van der Waals surface area contributed by atoms with Crippen molar-refractivity contribution in [3.8, 4) is 0 Å². The van der Waals surface area contributed by atoms with E-state index < -0.39 is 40.0 Å². The largest absolute Gasteiger partial charge is 0.507 e. The molecule has 0 atom stereocenters. The molecule has 1 N–H and O–H groups in total. The highest BCUT2D eigenvalue weighted by atomic mass is 35.5. The maximum Gasteiger partial charge on any atom is 0.454 e. The Hall–Kier alpha value is -1.70. The Labute approximate surface area is 113 Å². The van der Waals surface area contributed by atoms with Gasteiger partial charge in [-0.25, -0.2) is 0 Å². The van der Waals surface area contributed by atoms with Crippen LogP contribution in [0.3, 0.4) is 0 Å². The molecule has 0 saturated heterocycles. The van der Waals surface area contributed by atoms with Crippen molar-refractivity contribution in [1.29, 1.82) is 0 Å². The summed E-state index contributed by atoms with van der Waals surface area (Å²) in [4.78, 5) is 10.6. The Bertz CT molecular complexity index is 559. The number of halogens is 7. The summed E-state index contributed by atoms with van der Waals surface area (Å²) in [7, 11) is 0. The van der Waals surface area contributed by atoms with Gasteiger partial charge >= 0.3 is 12.4 Å². The standard InChI is InChI=1S/C11H5ClF6O2/c12-7-2-1-5(3-6(7)10(13,14)15)8(19)4-9(20)11(16,17)18/h1-4,19H/b8-4-. The van der Waals surface area contributed by atoms with Crippen molar-refractivity contribution in [3.63, 3.8) is 0 Å². The number of ketones is 1. The van der Waals surface area contributed by atoms with Crippen LogP contribution >= 0.6 is 11.6 Å². The fraction of sp³-hybridized carbons (Fsp3) is 0.182. The predicted octanol–water partition coefficient (Wildman–Crippen LogP) is 4.39. The number of aliphatic hydroxyl groups is 1. The molecule has 2 nitrogen and oxygen atoms in total. The Kier molecular flexibility index (Phi) is 4.38. The number of carbonyl (C=O) groups is 1. The van der Waals surface area contributed by atoms with Crippen LogP contribution in [0.1, 0.15) is 11.1 Å². The fourth-order valence-electron chi connectivity index (χ4n) is 1.19. The van der Waals surface area contributed by atoms with Crippen LogP contribution in [-0.4, -0.2) is 17.1 Å². The lowest BCUT2D eigenvalue weighted by atomic mass is 10.1. The van der Waals surface area contributed by atoms with Crippen molar-refractivity contribution < 1.29 is 36.2 Å². The van der Waals surface area contributed by atoms with Crippen molar-refractivity contribution >= 4 is 23.1 Å². The molecule has 0 bridgehead atoms. The van der Waals surface area contributed by atoms with Crippen LogP contribution < -0.4 is 0 Å². The molecule has 1 aromatic rings. The van der Waals surface area contributed by atoms with Gasteiger partial charge in [0.2, 0.25) is 0 Å². The molecule has 1 rings (SSSR count). The molecule has 0 radical (unpaired) electrons. The van der Waals surface area contributed by atoms with Crippen molar-refractivity contribution in [2.24, 2.45) is 0 Å². The van der Waals surface area contributed by atoms with E-state index in [0.717, 1.165) is 12.1 Å². The summed E-state index contributed by atoms with van der Waals surface area (Å²) < 4.78 is 73.4. The van der Waals surface area contributed by atoms with Crippen molar-refractivity contribution in [2.45, 2.75) is 12.4 Å². The molecule has 0 aliphatic carbocycles. The molecule has 0 amide bonds. The average Bonchev–Trinajstić information content (AvgIpc) is 2.26. The van der Waals surface area contributed by atoms with E-state index in [4.69, 9.17) is 11.6 Å². The first-order valence-corrected chi connectivity index (χ1v) is 5.19. The van der Waals surface area contributed by atoms with Crippen LogP contribution in [0.4, 0.5) is 26.3 Å². The zero-order chi connectivity index (χ0) is 15.7. The van der Waals surface area contributed by atoms with Crippen LogP contribution in [0, 0.1) is 0 Å². The summed E-state index contributed by atoms with van der Waals surface area (Å²) in [6.45, 7) is 0. The Balaban J connectivity index is 3.22. The first kappa shape index (κ1) is 16.4. The molecule has 9 heteroatoms. The number of carbonyl (C=O) groups excluding carboxylic acids is 1. The Morgan fingerprint density at radius 1 is 1.15 bits per heavy atom. The highest BCUT2D eigenvalue weighted by molar-refractivity contribution is 6.31. The molecule has 0 aliphatic rings. The second kappa shape index (κ2) is 5.35.